The van der Waals surface area contributed by atoms with Gasteiger partial charge in [-0.3, -0.25) is 0 Å². The Morgan fingerprint density at radius 3 is 2.54 bits per heavy atom. The highest BCUT2D eigenvalue weighted by molar-refractivity contribution is 4.93. The van der Waals surface area contributed by atoms with E-state index in [0.717, 1.165) is 0 Å². The van der Waals surface area contributed by atoms with E-state index in [9.17, 15) is 5.11 Å². The summed E-state index contributed by atoms with van der Waals surface area (Å²) in [7, 11) is 0. The predicted octanol–water partition coefficient (Wildman–Crippen LogP) is 1.71. The van der Waals surface area contributed by atoms with Crippen molar-refractivity contribution in [1.82, 2.24) is 0 Å². The molecule has 3 nitrogen and oxygen atoms in total. The first kappa shape index (κ1) is 12.6. The third-order valence-electron chi connectivity index (χ3n) is 2.08. The van der Waals surface area contributed by atoms with Gasteiger partial charge in [0.2, 0.25) is 0 Å². The topological polar surface area (TPSA) is 38.7 Å². The lowest BCUT2D eigenvalue weighted by Gasteiger charge is -2.29. The van der Waals surface area contributed by atoms with Gasteiger partial charge in [-0.2, -0.15) is 0 Å². The summed E-state index contributed by atoms with van der Waals surface area (Å²) in [6.07, 6.45) is 1.85. The zero-order valence-electron chi connectivity index (χ0n) is 8.75. The lowest BCUT2D eigenvalue weighted by Crippen LogP contribution is -2.39. The van der Waals surface area contributed by atoms with Crippen LogP contribution in [0.1, 0.15) is 27.2 Å². The number of hydrogen-bond donors (Lipinski definition) is 1. The Morgan fingerprint density at radius 1 is 1.54 bits per heavy atom. The minimum absolute atomic E-state index is 0.198. The molecule has 0 aliphatic rings. The molecule has 0 saturated heterocycles. The second-order valence-electron chi connectivity index (χ2n) is 3.14. The largest absolute Gasteiger partial charge is 0.387 e. The third kappa shape index (κ3) is 4.41. The summed E-state index contributed by atoms with van der Waals surface area (Å²) in [6.45, 7) is 9.94. The van der Waals surface area contributed by atoms with Crippen LogP contribution in [-0.4, -0.2) is 30.2 Å². The lowest BCUT2D eigenvalue weighted by molar-refractivity contribution is -0.137. The molecule has 0 spiro atoms. The summed E-state index contributed by atoms with van der Waals surface area (Å²) in [5, 5.41) is 9.83. The van der Waals surface area contributed by atoms with Crippen LogP contribution in [0.2, 0.25) is 0 Å². The number of hydrogen-bond acceptors (Lipinski definition) is 3. The first-order valence-corrected chi connectivity index (χ1v) is 4.62. The van der Waals surface area contributed by atoms with Gasteiger partial charge < -0.3 is 14.6 Å². The molecule has 0 heterocycles. The van der Waals surface area contributed by atoms with E-state index in [1.165, 1.54) is 0 Å². The van der Waals surface area contributed by atoms with Gasteiger partial charge in [-0.15, -0.1) is 6.58 Å². The molecule has 0 fully saturated rings. The highest BCUT2D eigenvalue weighted by Crippen LogP contribution is 2.18. The van der Waals surface area contributed by atoms with Crippen LogP contribution in [0.25, 0.3) is 0 Å². The minimum atomic E-state index is -0.862. The zero-order chi connectivity index (χ0) is 10.3. The van der Waals surface area contributed by atoms with Crippen LogP contribution in [0.15, 0.2) is 12.7 Å². The molecule has 0 aliphatic carbocycles. The van der Waals surface area contributed by atoms with Crippen LogP contribution < -0.4 is 0 Å². The molecule has 0 radical (unpaired) electrons. The van der Waals surface area contributed by atoms with Crippen molar-refractivity contribution in [2.75, 3.05) is 13.4 Å². The maximum Gasteiger partial charge on any atom is 0.147 e. The van der Waals surface area contributed by atoms with Gasteiger partial charge in [0, 0.05) is 6.61 Å². The molecule has 78 valence electrons. The fraction of sp³-hybridized carbons (Fsp3) is 0.800. The van der Waals surface area contributed by atoms with E-state index in [-0.39, 0.29) is 12.9 Å². The summed E-state index contributed by atoms with van der Waals surface area (Å²) >= 11 is 0. The van der Waals surface area contributed by atoms with E-state index in [0.29, 0.717) is 13.0 Å². The Bertz CT molecular complexity index is 143. The van der Waals surface area contributed by atoms with E-state index in [1.807, 2.05) is 13.8 Å². The highest BCUT2D eigenvalue weighted by atomic mass is 16.7. The molecule has 3 heteroatoms. The third-order valence-corrected chi connectivity index (χ3v) is 2.08. The Balaban J connectivity index is 3.94. The number of ether oxygens (including phenoxy) is 2. The van der Waals surface area contributed by atoms with Gasteiger partial charge in [0.15, 0.2) is 0 Å². The molecule has 0 amide bonds. The van der Waals surface area contributed by atoms with Crippen LogP contribution in [-0.2, 0) is 9.47 Å². The van der Waals surface area contributed by atoms with Crippen molar-refractivity contribution in [2.24, 2.45) is 0 Å². The van der Waals surface area contributed by atoms with Crippen LogP contribution in [0.4, 0.5) is 0 Å². The molecule has 0 aromatic heterocycles. The molecule has 1 N–H and O–H groups in total. The lowest BCUT2D eigenvalue weighted by atomic mass is 9.96. The summed E-state index contributed by atoms with van der Waals surface area (Å²) in [5.41, 5.74) is -0.862. The first-order chi connectivity index (χ1) is 6.08. The predicted molar refractivity (Wildman–Crippen MR) is 52.5 cm³/mol. The summed E-state index contributed by atoms with van der Waals surface area (Å²) < 4.78 is 10.3. The van der Waals surface area contributed by atoms with Crippen LogP contribution in [0.5, 0.6) is 0 Å². The molecule has 0 aliphatic heterocycles. The molecule has 0 aromatic carbocycles. The van der Waals surface area contributed by atoms with Gasteiger partial charge in [0.05, 0.1) is 5.60 Å². The summed E-state index contributed by atoms with van der Waals surface area (Å²) in [6, 6.07) is 0. The van der Waals surface area contributed by atoms with E-state index < -0.39 is 5.60 Å². The fourth-order valence-electron chi connectivity index (χ4n) is 0.907. The Kier molecular flexibility index (Phi) is 5.95. The molecular weight excluding hydrogens is 168 g/mol. The molecule has 0 rings (SSSR count). The quantitative estimate of drug-likeness (QED) is 0.375. The van der Waals surface area contributed by atoms with Crippen molar-refractivity contribution in [3.8, 4) is 0 Å². The monoisotopic (exact) mass is 188 g/mol. The van der Waals surface area contributed by atoms with E-state index in [4.69, 9.17) is 9.47 Å². The van der Waals surface area contributed by atoms with Gasteiger partial charge >= 0.3 is 0 Å². The standard InChI is InChI=1S/C10H20O3/c1-5-9(10(4,11)6-2)13-8-12-7-3/h5,9,11H,1,6-8H2,2-4H3/t9-,10+/m0/s1. The smallest absolute Gasteiger partial charge is 0.147 e. The van der Waals surface area contributed by atoms with Crippen LogP contribution in [0, 0.1) is 0 Å². The minimum Gasteiger partial charge on any atom is -0.387 e. The van der Waals surface area contributed by atoms with Gasteiger partial charge in [0.1, 0.15) is 12.9 Å². The zero-order valence-corrected chi connectivity index (χ0v) is 8.75. The number of aliphatic hydroxyl groups is 1. The Labute approximate surface area is 80.4 Å². The maximum absolute atomic E-state index is 9.83. The van der Waals surface area contributed by atoms with Crippen molar-refractivity contribution >= 4 is 0 Å². The molecule has 0 unspecified atom stereocenters. The Morgan fingerprint density at radius 2 is 2.15 bits per heavy atom. The number of rotatable bonds is 7. The SMILES string of the molecule is C=C[C@H](OCOCC)[C@](C)(O)CC. The van der Waals surface area contributed by atoms with Gasteiger partial charge in [-0.1, -0.05) is 13.0 Å². The van der Waals surface area contributed by atoms with Crippen molar-refractivity contribution in [3.63, 3.8) is 0 Å². The molecule has 0 aromatic rings. The Hall–Kier alpha value is -0.380. The molecular formula is C10H20O3. The summed E-state index contributed by atoms with van der Waals surface area (Å²) in [5.74, 6) is 0. The highest BCUT2D eigenvalue weighted by Gasteiger charge is 2.28. The van der Waals surface area contributed by atoms with E-state index in [2.05, 4.69) is 6.58 Å². The van der Waals surface area contributed by atoms with Gasteiger partial charge in [-0.05, 0) is 20.3 Å². The van der Waals surface area contributed by atoms with Crippen molar-refractivity contribution in [1.29, 1.82) is 0 Å². The van der Waals surface area contributed by atoms with E-state index >= 15 is 0 Å². The normalized spacial score (nSPS) is 17.8. The molecule has 0 saturated carbocycles. The van der Waals surface area contributed by atoms with Gasteiger partial charge in [0.25, 0.3) is 0 Å². The second kappa shape index (κ2) is 6.13. The average molecular weight is 188 g/mol. The maximum atomic E-state index is 9.83. The van der Waals surface area contributed by atoms with Crippen molar-refractivity contribution < 1.29 is 14.6 Å². The van der Waals surface area contributed by atoms with Crippen LogP contribution in [0.3, 0.4) is 0 Å². The molecule has 2 atom stereocenters. The average Bonchev–Trinajstić information content (AvgIpc) is 2.12. The van der Waals surface area contributed by atoms with Crippen LogP contribution >= 0.6 is 0 Å². The first-order valence-electron chi connectivity index (χ1n) is 4.62. The molecule has 0 bridgehead atoms. The van der Waals surface area contributed by atoms with Crippen molar-refractivity contribution in [3.05, 3.63) is 12.7 Å². The summed E-state index contributed by atoms with van der Waals surface area (Å²) in [4.78, 5) is 0. The van der Waals surface area contributed by atoms with Gasteiger partial charge in [-0.25, -0.2) is 0 Å². The fourth-order valence-corrected chi connectivity index (χ4v) is 0.907. The van der Waals surface area contributed by atoms with Crippen molar-refractivity contribution in [2.45, 2.75) is 38.9 Å². The second-order valence-corrected chi connectivity index (χ2v) is 3.14. The van der Waals surface area contributed by atoms with E-state index in [1.54, 1.807) is 13.0 Å². The molecule has 13 heavy (non-hydrogen) atoms.